The third kappa shape index (κ3) is 1.72. The fourth-order valence-electron chi connectivity index (χ4n) is 1.93. The molecule has 0 aliphatic heterocycles. The zero-order chi connectivity index (χ0) is 11.1. The molecule has 0 spiro atoms. The Bertz CT molecular complexity index is 416. The summed E-state index contributed by atoms with van der Waals surface area (Å²) in [7, 11) is 0. The molecular formula is C11H11FO3. The van der Waals surface area contributed by atoms with E-state index in [1.807, 2.05) is 0 Å². The number of carbonyl (C=O) groups is 1. The van der Waals surface area contributed by atoms with Gasteiger partial charge in [-0.1, -0.05) is 6.07 Å². The predicted octanol–water partition coefficient (Wildman–Crippen LogP) is 1.13. The van der Waals surface area contributed by atoms with Crippen molar-refractivity contribution in [3.05, 3.63) is 35.1 Å². The lowest BCUT2D eigenvalue weighted by atomic mass is 9.80. The lowest BCUT2D eigenvalue weighted by molar-refractivity contribution is -0.159. The number of hydrogen-bond donors (Lipinski definition) is 2. The number of aryl methyl sites for hydroxylation is 1. The molecule has 1 aliphatic rings. The van der Waals surface area contributed by atoms with E-state index in [0.29, 0.717) is 12.0 Å². The Hall–Kier alpha value is -1.42. The first-order valence-corrected chi connectivity index (χ1v) is 4.74. The first-order valence-electron chi connectivity index (χ1n) is 4.74. The van der Waals surface area contributed by atoms with Gasteiger partial charge < -0.3 is 10.2 Å². The van der Waals surface area contributed by atoms with Crippen LogP contribution in [0, 0.1) is 5.82 Å². The van der Waals surface area contributed by atoms with Gasteiger partial charge in [-0.2, -0.15) is 0 Å². The highest BCUT2D eigenvalue weighted by molar-refractivity contribution is 5.78. The highest BCUT2D eigenvalue weighted by Gasteiger charge is 2.39. The largest absolute Gasteiger partial charge is 0.479 e. The SMILES string of the molecule is O=C(O)C1(O)CCc2ccc(F)cc2C1. The molecule has 1 aliphatic carbocycles. The highest BCUT2D eigenvalue weighted by Crippen LogP contribution is 2.29. The summed E-state index contributed by atoms with van der Waals surface area (Å²) >= 11 is 0. The van der Waals surface area contributed by atoms with Crippen LogP contribution in [0.15, 0.2) is 18.2 Å². The van der Waals surface area contributed by atoms with Crippen molar-refractivity contribution in [3.8, 4) is 0 Å². The minimum atomic E-state index is -1.74. The lowest BCUT2D eigenvalue weighted by Crippen LogP contribution is -2.43. The third-order valence-electron chi connectivity index (χ3n) is 2.86. The number of aliphatic hydroxyl groups is 1. The van der Waals surface area contributed by atoms with Gasteiger partial charge in [-0.15, -0.1) is 0 Å². The van der Waals surface area contributed by atoms with Crippen LogP contribution in [0.2, 0.25) is 0 Å². The van der Waals surface area contributed by atoms with Gasteiger partial charge >= 0.3 is 5.97 Å². The molecule has 3 nitrogen and oxygen atoms in total. The fourth-order valence-corrected chi connectivity index (χ4v) is 1.93. The second kappa shape index (κ2) is 3.31. The maximum atomic E-state index is 12.9. The van der Waals surface area contributed by atoms with E-state index in [2.05, 4.69) is 0 Å². The second-order valence-corrected chi connectivity index (χ2v) is 3.93. The molecule has 0 amide bonds. The average Bonchev–Trinajstić information content (AvgIpc) is 2.16. The van der Waals surface area contributed by atoms with E-state index in [4.69, 9.17) is 5.11 Å². The number of benzene rings is 1. The van der Waals surface area contributed by atoms with Crippen LogP contribution in [0.3, 0.4) is 0 Å². The fraction of sp³-hybridized carbons (Fsp3) is 0.364. The van der Waals surface area contributed by atoms with Crippen molar-refractivity contribution >= 4 is 5.97 Å². The van der Waals surface area contributed by atoms with E-state index in [0.717, 1.165) is 5.56 Å². The summed E-state index contributed by atoms with van der Waals surface area (Å²) in [6.07, 6.45) is 0.634. The van der Waals surface area contributed by atoms with E-state index in [1.165, 1.54) is 12.1 Å². The molecule has 1 atom stereocenters. The van der Waals surface area contributed by atoms with Crippen LogP contribution < -0.4 is 0 Å². The smallest absolute Gasteiger partial charge is 0.336 e. The molecule has 1 aromatic rings. The van der Waals surface area contributed by atoms with Gasteiger partial charge in [0.1, 0.15) is 5.82 Å². The first kappa shape index (κ1) is 10.1. The van der Waals surface area contributed by atoms with Gasteiger partial charge in [0.05, 0.1) is 0 Å². The molecule has 1 aromatic carbocycles. The van der Waals surface area contributed by atoms with E-state index < -0.39 is 17.4 Å². The van der Waals surface area contributed by atoms with Gasteiger partial charge in [-0.25, -0.2) is 9.18 Å². The molecule has 4 heteroatoms. The predicted molar refractivity (Wildman–Crippen MR) is 51.0 cm³/mol. The monoisotopic (exact) mass is 210 g/mol. The average molecular weight is 210 g/mol. The molecule has 0 fully saturated rings. The summed E-state index contributed by atoms with van der Waals surface area (Å²) < 4.78 is 12.9. The topological polar surface area (TPSA) is 57.5 Å². The minimum Gasteiger partial charge on any atom is -0.479 e. The lowest BCUT2D eigenvalue weighted by Gasteiger charge is -2.29. The van der Waals surface area contributed by atoms with Crippen molar-refractivity contribution in [1.29, 1.82) is 0 Å². The van der Waals surface area contributed by atoms with Crippen LogP contribution in [0.4, 0.5) is 4.39 Å². The molecule has 15 heavy (non-hydrogen) atoms. The van der Waals surface area contributed by atoms with E-state index in [9.17, 15) is 14.3 Å². The van der Waals surface area contributed by atoms with Crippen LogP contribution in [-0.4, -0.2) is 21.8 Å². The molecule has 0 heterocycles. The summed E-state index contributed by atoms with van der Waals surface area (Å²) in [6, 6.07) is 4.29. The summed E-state index contributed by atoms with van der Waals surface area (Å²) in [5.41, 5.74) is -0.227. The number of carboxylic acids is 1. The molecule has 0 bridgehead atoms. The van der Waals surface area contributed by atoms with Crippen LogP contribution in [0.1, 0.15) is 17.5 Å². The summed E-state index contributed by atoms with van der Waals surface area (Å²) in [5.74, 6) is -1.64. The van der Waals surface area contributed by atoms with Gasteiger partial charge in [-0.05, 0) is 36.1 Å². The van der Waals surface area contributed by atoms with Gasteiger partial charge in [0.15, 0.2) is 5.60 Å². The highest BCUT2D eigenvalue weighted by atomic mass is 19.1. The van der Waals surface area contributed by atoms with Gasteiger partial charge in [0.2, 0.25) is 0 Å². The van der Waals surface area contributed by atoms with Crippen molar-refractivity contribution in [2.75, 3.05) is 0 Å². The number of hydrogen-bond acceptors (Lipinski definition) is 2. The van der Waals surface area contributed by atoms with Crippen LogP contribution in [0.25, 0.3) is 0 Å². The first-order chi connectivity index (χ1) is 7.01. The zero-order valence-electron chi connectivity index (χ0n) is 8.03. The number of carboxylic acid groups (broad SMARTS) is 1. The maximum Gasteiger partial charge on any atom is 0.336 e. The van der Waals surface area contributed by atoms with E-state index >= 15 is 0 Å². The summed E-state index contributed by atoms with van der Waals surface area (Å²) in [4.78, 5) is 10.8. The molecule has 1 unspecified atom stereocenters. The Balaban J connectivity index is 2.37. The third-order valence-corrected chi connectivity index (χ3v) is 2.86. The van der Waals surface area contributed by atoms with Crippen molar-refractivity contribution in [2.45, 2.75) is 24.9 Å². The Morgan fingerprint density at radius 3 is 2.80 bits per heavy atom. The Morgan fingerprint density at radius 1 is 1.40 bits per heavy atom. The minimum absolute atomic E-state index is 0.0184. The quantitative estimate of drug-likeness (QED) is 0.730. The normalized spacial score (nSPS) is 24.7. The summed E-state index contributed by atoms with van der Waals surface area (Å²) in [6.45, 7) is 0. The summed E-state index contributed by atoms with van der Waals surface area (Å²) in [5, 5.41) is 18.6. The van der Waals surface area contributed by atoms with Gasteiger partial charge in [0, 0.05) is 6.42 Å². The van der Waals surface area contributed by atoms with Crippen molar-refractivity contribution in [3.63, 3.8) is 0 Å². The van der Waals surface area contributed by atoms with E-state index in [1.54, 1.807) is 6.07 Å². The molecule has 2 rings (SSSR count). The standard InChI is InChI=1S/C11H11FO3/c12-9-2-1-7-3-4-11(15,10(13)14)6-8(7)5-9/h1-2,5,15H,3-4,6H2,(H,13,14). The van der Waals surface area contributed by atoms with E-state index in [-0.39, 0.29) is 12.8 Å². The van der Waals surface area contributed by atoms with Crippen molar-refractivity contribution in [2.24, 2.45) is 0 Å². The molecular weight excluding hydrogens is 199 g/mol. The molecule has 2 N–H and O–H groups in total. The Kier molecular flexibility index (Phi) is 2.23. The molecule has 80 valence electrons. The second-order valence-electron chi connectivity index (χ2n) is 3.93. The molecule has 0 saturated carbocycles. The zero-order valence-corrected chi connectivity index (χ0v) is 8.03. The van der Waals surface area contributed by atoms with Crippen LogP contribution in [0.5, 0.6) is 0 Å². The molecule has 0 radical (unpaired) electrons. The maximum absolute atomic E-state index is 12.9. The van der Waals surface area contributed by atoms with Crippen molar-refractivity contribution < 1.29 is 19.4 Å². The van der Waals surface area contributed by atoms with Gasteiger partial charge in [0.25, 0.3) is 0 Å². The van der Waals surface area contributed by atoms with Crippen LogP contribution in [-0.2, 0) is 17.6 Å². The Morgan fingerprint density at radius 2 is 2.13 bits per heavy atom. The Labute approximate surface area is 86.2 Å². The number of rotatable bonds is 1. The molecule has 0 saturated heterocycles. The number of halogens is 1. The molecule has 0 aromatic heterocycles. The van der Waals surface area contributed by atoms with Crippen molar-refractivity contribution in [1.82, 2.24) is 0 Å². The van der Waals surface area contributed by atoms with Crippen LogP contribution >= 0.6 is 0 Å². The number of fused-ring (bicyclic) bond motifs is 1. The van der Waals surface area contributed by atoms with Gasteiger partial charge in [-0.3, -0.25) is 0 Å². The number of aliphatic carboxylic acids is 1.